The molecule has 1 aliphatic carbocycles. The Morgan fingerprint density at radius 3 is 2.63 bits per heavy atom. The Hall–Kier alpha value is -0.810. The van der Waals surface area contributed by atoms with E-state index in [1.54, 1.807) is 11.9 Å². The summed E-state index contributed by atoms with van der Waals surface area (Å²) in [6.45, 7) is 3.59. The molecule has 0 spiro atoms. The summed E-state index contributed by atoms with van der Waals surface area (Å²) in [7, 11) is 1.75. The minimum Gasteiger partial charge on any atom is -0.388 e. The summed E-state index contributed by atoms with van der Waals surface area (Å²) in [5, 5.41) is 13.4. The van der Waals surface area contributed by atoms with E-state index in [4.69, 9.17) is 4.74 Å². The van der Waals surface area contributed by atoms with Crippen LogP contribution in [-0.4, -0.2) is 54.5 Å². The normalized spacial score (nSPS) is 24.4. The third kappa shape index (κ3) is 3.83. The molecule has 1 saturated carbocycles. The minimum absolute atomic E-state index is 0.0840. The maximum atomic E-state index is 12.1. The van der Waals surface area contributed by atoms with Crippen molar-refractivity contribution >= 4 is 6.03 Å². The summed E-state index contributed by atoms with van der Waals surface area (Å²) in [5.41, 5.74) is -0.788. The smallest absolute Gasteiger partial charge is 0.317 e. The molecule has 2 amide bonds. The van der Waals surface area contributed by atoms with Crippen LogP contribution in [-0.2, 0) is 4.74 Å². The molecule has 2 fully saturated rings. The molecular weight excluding hydrogens is 244 g/mol. The molecule has 0 radical (unpaired) electrons. The minimum atomic E-state index is -0.788. The van der Waals surface area contributed by atoms with Gasteiger partial charge in [0.1, 0.15) is 0 Å². The zero-order valence-corrected chi connectivity index (χ0v) is 12.0. The number of aliphatic hydroxyl groups is 1. The number of urea groups is 1. The fourth-order valence-corrected chi connectivity index (χ4v) is 2.79. The average Bonchev–Trinajstić information content (AvgIpc) is 2.26. The van der Waals surface area contributed by atoms with Gasteiger partial charge in [0.15, 0.2) is 0 Å². The van der Waals surface area contributed by atoms with Gasteiger partial charge in [-0.2, -0.15) is 0 Å². The number of carbonyl (C=O) groups is 1. The molecule has 0 aromatic rings. The van der Waals surface area contributed by atoms with E-state index in [2.05, 4.69) is 12.2 Å². The van der Waals surface area contributed by atoms with Crippen molar-refractivity contribution in [3.05, 3.63) is 0 Å². The Bertz CT molecular complexity index is 312. The summed E-state index contributed by atoms with van der Waals surface area (Å²) in [4.78, 5) is 13.7. The van der Waals surface area contributed by atoms with E-state index in [0.717, 1.165) is 0 Å². The van der Waals surface area contributed by atoms with Crippen molar-refractivity contribution < 1.29 is 14.6 Å². The molecule has 2 N–H and O–H groups in total. The number of hydrogen-bond donors (Lipinski definition) is 2. The SMILES string of the molecule is CC(NC(=O)N(C)CC1(O)CCOCC1)C1CCC1. The van der Waals surface area contributed by atoms with Crippen LogP contribution in [0.2, 0.25) is 0 Å². The van der Waals surface area contributed by atoms with Gasteiger partial charge < -0.3 is 20.1 Å². The number of likely N-dealkylation sites (N-methyl/N-ethyl adjacent to an activating group) is 1. The molecule has 1 heterocycles. The molecule has 1 unspecified atom stereocenters. The molecule has 1 aliphatic heterocycles. The van der Waals surface area contributed by atoms with Crippen molar-refractivity contribution in [1.82, 2.24) is 10.2 Å². The van der Waals surface area contributed by atoms with Gasteiger partial charge in [-0.05, 0) is 25.7 Å². The van der Waals surface area contributed by atoms with Crippen LogP contribution in [0.15, 0.2) is 0 Å². The zero-order valence-electron chi connectivity index (χ0n) is 12.0. The van der Waals surface area contributed by atoms with Crippen LogP contribution < -0.4 is 5.32 Å². The quantitative estimate of drug-likeness (QED) is 0.811. The molecule has 2 rings (SSSR count). The van der Waals surface area contributed by atoms with Crippen molar-refractivity contribution in [2.45, 2.75) is 50.7 Å². The van der Waals surface area contributed by atoms with E-state index < -0.39 is 5.60 Å². The molecule has 0 aromatic carbocycles. The Morgan fingerprint density at radius 1 is 1.47 bits per heavy atom. The number of nitrogens with zero attached hydrogens (tertiary/aromatic N) is 1. The third-order valence-electron chi connectivity index (χ3n) is 4.51. The number of nitrogens with one attached hydrogen (secondary N) is 1. The van der Waals surface area contributed by atoms with Gasteiger partial charge in [-0.3, -0.25) is 0 Å². The average molecular weight is 270 g/mol. The van der Waals surface area contributed by atoms with Crippen molar-refractivity contribution in [2.24, 2.45) is 5.92 Å². The molecule has 1 saturated heterocycles. The maximum absolute atomic E-state index is 12.1. The summed E-state index contributed by atoms with van der Waals surface area (Å²) in [6.07, 6.45) is 4.91. The Balaban J connectivity index is 1.77. The highest BCUT2D eigenvalue weighted by atomic mass is 16.5. The van der Waals surface area contributed by atoms with E-state index >= 15 is 0 Å². The Labute approximate surface area is 115 Å². The maximum Gasteiger partial charge on any atom is 0.317 e. The first-order chi connectivity index (χ1) is 9.00. The largest absolute Gasteiger partial charge is 0.388 e. The second-order valence-corrected chi connectivity index (χ2v) is 6.12. The van der Waals surface area contributed by atoms with Gasteiger partial charge >= 0.3 is 6.03 Å². The predicted molar refractivity (Wildman–Crippen MR) is 73.0 cm³/mol. The topological polar surface area (TPSA) is 61.8 Å². The molecule has 1 atom stereocenters. The van der Waals surface area contributed by atoms with Crippen molar-refractivity contribution in [3.8, 4) is 0 Å². The number of rotatable bonds is 4. The summed E-state index contributed by atoms with van der Waals surface area (Å²) >= 11 is 0. The highest BCUT2D eigenvalue weighted by Gasteiger charge is 2.33. The molecular formula is C14H26N2O3. The zero-order chi connectivity index (χ0) is 13.9. The summed E-state index contributed by atoms with van der Waals surface area (Å²) in [5.74, 6) is 0.628. The lowest BCUT2D eigenvalue weighted by Crippen LogP contribution is -2.52. The summed E-state index contributed by atoms with van der Waals surface area (Å²) < 4.78 is 5.25. The van der Waals surface area contributed by atoms with Crippen LogP contribution in [0, 0.1) is 5.92 Å². The molecule has 5 heteroatoms. The van der Waals surface area contributed by atoms with E-state index in [-0.39, 0.29) is 12.1 Å². The second kappa shape index (κ2) is 6.09. The van der Waals surface area contributed by atoms with Crippen LogP contribution >= 0.6 is 0 Å². The van der Waals surface area contributed by atoms with Crippen LogP contribution in [0.5, 0.6) is 0 Å². The van der Waals surface area contributed by atoms with Crippen LogP contribution in [0.1, 0.15) is 39.0 Å². The molecule has 110 valence electrons. The fourth-order valence-electron chi connectivity index (χ4n) is 2.79. The first kappa shape index (κ1) is 14.6. The molecule has 19 heavy (non-hydrogen) atoms. The van der Waals surface area contributed by atoms with Crippen molar-refractivity contribution in [3.63, 3.8) is 0 Å². The van der Waals surface area contributed by atoms with E-state index in [1.807, 2.05) is 0 Å². The highest BCUT2D eigenvalue weighted by Crippen LogP contribution is 2.29. The predicted octanol–water partition coefficient (Wildman–Crippen LogP) is 1.36. The van der Waals surface area contributed by atoms with Gasteiger partial charge in [-0.15, -0.1) is 0 Å². The van der Waals surface area contributed by atoms with Gasteiger partial charge in [0.05, 0.1) is 12.1 Å². The van der Waals surface area contributed by atoms with Gasteiger partial charge in [0, 0.05) is 39.1 Å². The lowest BCUT2D eigenvalue weighted by atomic mass is 9.80. The molecule has 2 aliphatic rings. The van der Waals surface area contributed by atoms with E-state index in [1.165, 1.54) is 19.3 Å². The Kier molecular flexibility index (Phi) is 4.68. The van der Waals surface area contributed by atoms with Gasteiger partial charge in [0.2, 0.25) is 0 Å². The fraction of sp³-hybridized carbons (Fsp3) is 0.929. The number of amides is 2. The van der Waals surface area contributed by atoms with Crippen molar-refractivity contribution in [2.75, 3.05) is 26.8 Å². The standard InChI is InChI=1S/C14H26N2O3/c1-11(12-4-3-5-12)15-13(17)16(2)10-14(18)6-8-19-9-7-14/h11-12,18H,3-10H2,1-2H3,(H,15,17). The number of carbonyl (C=O) groups excluding carboxylic acids is 1. The van der Waals surface area contributed by atoms with Crippen LogP contribution in [0.3, 0.4) is 0 Å². The first-order valence-electron chi connectivity index (χ1n) is 7.32. The second-order valence-electron chi connectivity index (χ2n) is 6.12. The Morgan fingerprint density at radius 2 is 2.11 bits per heavy atom. The van der Waals surface area contributed by atoms with Gasteiger partial charge in [-0.1, -0.05) is 6.42 Å². The highest BCUT2D eigenvalue weighted by molar-refractivity contribution is 5.74. The molecule has 0 bridgehead atoms. The van der Waals surface area contributed by atoms with Crippen LogP contribution in [0.4, 0.5) is 4.79 Å². The monoisotopic (exact) mass is 270 g/mol. The lowest BCUT2D eigenvalue weighted by Gasteiger charge is -2.37. The van der Waals surface area contributed by atoms with Crippen LogP contribution in [0.25, 0.3) is 0 Å². The molecule has 0 aromatic heterocycles. The van der Waals surface area contributed by atoms with Crippen molar-refractivity contribution in [1.29, 1.82) is 0 Å². The van der Waals surface area contributed by atoms with Gasteiger partial charge in [-0.25, -0.2) is 4.79 Å². The number of hydrogen-bond acceptors (Lipinski definition) is 3. The number of ether oxygens (including phenoxy) is 1. The molecule has 5 nitrogen and oxygen atoms in total. The van der Waals surface area contributed by atoms with Gasteiger partial charge in [0.25, 0.3) is 0 Å². The third-order valence-corrected chi connectivity index (χ3v) is 4.51. The lowest BCUT2D eigenvalue weighted by molar-refractivity contribution is -0.0723. The summed E-state index contributed by atoms with van der Waals surface area (Å²) in [6, 6.07) is 0.146. The van der Waals surface area contributed by atoms with E-state index in [9.17, 15) is 9.90 Å². The van der Waals surface area contributed by atoms with E-state index in [0.29, 0.717) is 38.5 Å². The first-order valence-corrected chi connectivity index (χ1v) is 7.32.